The van der Waals surface area contributed by atoms with Gasteiger partial charge in [-0.05, 0) is 45.4 Å². The van der Waals surface area contributed by atoms with E-state index in [9.17, 15) is 9.18 Å². The van der Waals surface area contributed by atoms with E-state index in [1.165, 1.54) is 6.07 Å². The van der Waals surface area contributed by atoms with Crippen LogP contribution in [-0.2, 0) is 9.53 Å². The third kappa shape index (κ3) is 7.84. The van der Waals surface area contributed by atoms with Crippen molar-refractivity contribution in [3.63, 3.8) is 0 Å². The molecule has 0 atom stereocenters. The minimum absolute atomic E-state index is 0.0862. The average Bonchev–Trinajstić information content (AvgIpc) is 2.43. The van der Waals surface area contributed by atoms with Crippen molar-refractivity contribution < 1.29 is 13.9 Å². The van der Waals surface area contributed by atoms with Crippen LogP contribution in [-0.4, -0.2) is 18.1 Å². The maximum atomic E-state index is 13.7. The summed E-state index contributed by atoms with van der Waals surface area (Å²) >= 11 is 5.72. The van der Waals surface area contributed by atoms with Crippen LogP contribution in [0, 0.1) is 5.82 Å². The summed E-state index contributed by atoms with van der Waals surface area (Å²) in [5.41, 5.74) is 0.570. The van der Waals surface area contributed by atoms with Gasteiger partial charge in [0.15, 0.2) is 0 Å². The molecule has 1 rings (SSSR count). The zero-order valence-electron chi connectivity index (χ0n) is 13.8. The highest BCUT2D eigenvalue weighted by Crippen LogP contribution is 2.19. The maximum Gasteiger partial charge on any atom is 0.306 e. The number of rotatable bonds is 7. The van der Waals surface area contributed by atoms with Crippen LogP contribution in [0.4, 0.5) is 4.39 Å². The topological polar surface area (TPSA) is 38.3 Å². The fourth-order valence-electron chi connectivity index (χ4n) is 1.77. The van der Waals surface area contributed by atoms with Crippen molar-refractivity contribution in [3.05, 3.63) is 53.0 Å². The van der Waals surface area contributed by atoms with E-state index in [-0.39, 0.29) is 11.0 Å². The van der Waals surface area contributed by atoms with Gasteiger partial charge < -0.3 is 10.1 Å². The normalized spacial score (nSPS) is 11.5. The van der Waals surface area contributed by atoms with Gasteiger partial charge in [-0.2, -0.15) is 0 Å². The number of carbonyl (C=O) groups is 1. The molecule has 0 heterocycles. The summed E-state index contributed by atoms with van der Waals surface area (Å²) in [6.07, 6.45) is 4.24. The van der Waals surface area contributed by atoms with E-state index in [2.05, 4.69) is 11.9 Å². The molecule has 3 nitrogen and oxygen atoms in total. The highest BCUT2D eigenvalue weighted by atomic mass is 35.5. The molecule has 1 N–H and O–H groups in total. The first-order valence-electron chi connectivity index (χ1n) is 7.46. The highest BCUT2D eigenvalue weighted by Gasteiger charge is 2.15. The van der Waals surface area contributed by atoms with Gasteiger partial charge >= 0.3 is 5.97 Å². The summed E-state index contributed by atoms with van der Waals surface area (Å²) in [5.74, 6) is -0.676. The molecule has 0 saturated heterocycles. The third-order valence-corrected chi connectivity index (χ3v) is 3.07. The van der Waals surface area contributed by atoms with E-state index < -0.39 is 11.4 Å². The van der Waals surface area contributed by atoms with Crippen molar-refractivity contribution in [2.75, 3.05) is 6.54 Å². The molecular weight excluding hydrogens is 317 g/mol. The van der Waals surface area contributed by atoms with E-state index in [1.54, 1.807) is 24.3 Å². The number of ether oxygens (including phenoxy) is 1. The van der Waals surface area contributed by atoms with Crippen LogP contribution in [0.25, 0.3) is 6.08 Å². The number of esters is 1. The Morgan fingerprint density at radius 3 is 2.78 bits per heavy atom. The van der Waals surface area contributed by atoms with Crippen molar-refractivity contribution >= 4 is 23.6 Å². The first-order valence-corrected chi connectivity index (χ1v) is 7.83. The first-order chi connectivity index (χ1) is 10.7. The molecule has 0 aromatic heterocycles. The highest BCUT2D eigenvalue weighted by molar-refractivity contribution is 6.30. The zero-order valence-corrected chi connectivity index (χ0v) is 14.5. The second-order valence-electron chi connectivity index (χ2n) is 6.12. The van der Waals surface area contributed by atoms with Gasteiger partial charge in [-0.1, -0.05) is 30.3 Å². The molecule has 0 saturated carbocycles. The molecule has 0 bridgehead atoms. The quantitative estimate of drug-likeness (QED) is 0.444. The molecule has 1 aromatic carbocycles. The SMILES string of the molecule is C=C(/C=C/c1cccc(Cl)c1F)NCCCC(=O)OC(C)(C)C. The molecule has 0 spiro atoms. The average molecular weight is 340 g/mol. The van der Waals surface area contributed by atoms with Gasteiger partial charge in [0.05, 0.1) is 5.02 Å². The minimum atomic E-state index is -0.460. The number of allylic oxidation sites excluding steroid dienone is 1. The Balaban J connectivity index is 2.34. The molecule has 5 heteroatoms. The predicted molar refractivity (Wildman–Crippen MR) is 92.7 cm³/mol. The Bertz CT molecular complexity index is 591. The van der Waals surface area contributed by atoms with Crippen molar-refractivity contribution in [2.45, 2.75) is 39.2 Å². The largest absolute Gasteiger partial charge is 0.460 e. The molecular formula is C18H23ClFNO2. The maximum absolute atomic E-state index is 13.7. The lowest BCUT2D eigenvalue weighted by molar-refractivity contribution is -0.154. The number of carbonyl (C=O) groups excluding carboxylic acids is 1. The summed E-state index contributed by atoms with van der Waals surface area (Å²) in [7, 11) is 0. The number of halogens is 2. The van der Waals surface area contributed by atoms with E-state index in [4.69, 9.17) is 16.3 Å². The Morgan fingerprint density at radius 1 is 1.43 bits per heavy atom. The molecule has 0 fully saturated rings. The summed E-state index contributed by atoms with van der Waals surface area (Å²) in [6, 6.07) is 4.81. The van der Waals surface area contributed by atoms with Gasteiger partial charge in [0, 0.05) is 24.2 Å². The molecule has 0 aliphatic carbocycles. The van der Waals surface area contributed by atoms with Gasteiger partial charge in [0.25, 0.3) is 0 Å². The molecule has 0 radical (unpaired) electrons. The van der Waals surface area contributed by atoms with E-state index >= 15 is 0 Å². The predicted octanol–water partition coefficient (Wildman–Crippen LogP) is 4.72. The minimum Gasteiger partial charge on any atom is -0.460 e. The lowest BCUT2D eigenvalue weighted by Gasteiger charge is -2.19. The van der Waals surface area contributed by atoms with Crippen LogP contribution in [0.2, 0.25) is 5.02 Å². The van der Waals surface area contributed by atoms with E-state index in [0.29, 0.717) is 30.6 Å². The second kappa shape index (κ2) is 8.73. The van der Waals surface area contributed by atoms with Crippen molar-refractivity contribution in [1.29, 1.82) is 0 Å². The van der Waals surface area contributed by atoms with Gasteiger partial charge in [0.1, 0.15) is 11.4 Å². The summed E-state index contributed by atoms with van der Waals surface area (Å²) < 4.78 is 18.9. The monoisotopic (exact) mass is 339 g/mol. The number of benzene rings is 1. The van der Waals surface area contributed by atoms with Crippen molar-refractivity contribution in [2.24, 2.45) is 0 Å². The van der Waals surface area contributed by atoms with Crippen LogP contribution in [0.3, 0.4) is 0 Å². The molecule has 1 aromatic rings. The van der Waals surface area contributed by atoms with Gasteiger partial charge in [-0.15, -0.1) is 0 Å². The molecule has 0 aliphatic rings. The lowest BCUT2D eigenvalue weighted by Crippen LogP contribution is -2.24. The Kier molecular flexibility index (Phi) is 7.30. The van der Waals surface area contributed by atoms with Crippen LogP contribution in [0.1, 0.15) is 39.2 Å². The Labute approximate surface area is 142 Å². The second-order valence-corrected chi connectivity index (χ2v) is 6.53. The standard InChI is InChI=1S/C18H23ClFNO2/c1-13(10-11-14-7-5-8-15(19)17(14)20)21-12-6-9-16(22)23-18(2,3)4/h5,7-8,10-11,21H,1,6,9,12H2,2-4H3/b11-10+. The zero-order chi connectivity index (χ0) is 17.5. The lowest BCUT2D eigenvalue weighted by atomic mass is 10.2. The van der Waals surface area contributed by atoms with Crippen LogP contribution in [0.15, 0.2) is 36.6 Å². The smallest absolute Gasteiger partial charge is 0.306 e. The third-order valence-electron chi connectivity index (χ3n) is 2.78. The summed E-state index contributed by atoms with van der Waals surface area (Å²) in [6.45, 7) is 9.93. The number of hydrogen-bond acceptors (Lipinski definition) is 3. The summed E-state index contributed by atoms with van der Waals surface area (Å²) in [5, 5.41) is 3.15. The van der Waals surface area contributed by atoms with Crippen LogP contribution < -0.4 is 5.32 Å². The van der Waals surface area contributed by atoms with E-state index in [1.807, 2.05) is 20.8 Å². The fraction of sp³-hybridized carbons (Fsp3) is 0.389. The number of hydrogen-bond donors (Lipinski definition) is 1. The van der Waals surface area contributed by atoms with Gasteiger partial charge in [-0.25, -0.2) is 4.39 Å². The van der Waals surface area contributed by atoms with E-state index in [0.717, 1.165) is 0 Å². The molecule has 0 unspecified atom stereocenters. The molecule has 23 heavy (non-hydrogen) atoms. The Hall–Kier alpha value is -1.81. The van der Waals surface area contributed by atoms with Crippen molar-refractivity contribution in [3.8, 4) is 0 Å². The molecule has 0 aliphatic heterocycles. The molecule has 0 amide bonds. The first kappa shape index (κ1) is 19.2. The van der Waals surface area contributed by atoms with Gasteiger partial charge in [-0.3, -0.25) is 4.79 Å². The van der Waals surface area contributed by atoms with Crippen LogP contribution >= 0.6 is 11.6 Å². The van der Waals surface area contributed by atoms with Gasteiger partial charge in [0.2, 0.25) is 0 Å². The van der Waals surface area contributed by atoms with Crippen molar-refractivity contribution in [1.82, 2.24) is 5.32 Å². The summed E-state index contributed by atoms with van der Waals surface area (Å²) in [4.78, 5) is 11.5. The fourth-order valence-corrected chi connectivity index (χ4v) is 1.95. The number of nitrogens with one attached hydrogen (secondary N) is 1. The molecule has 126 valence electrons. The Morgan fingerprint density at radius 2 is 2.13 bits per heavy atom. The van der Waals surface area contributed by atoms with Crippen LogP contribution in [0.5, 0.6) is 0 Å².